The van der Waals surface area contributed by atoms with Crippen LogP contribution in [0.15, 0.2) is 42.5 Å². The van der Waals surface area contributed by atoms with Crippen LogP contribution in [-0.4, -0.2) is 68.6 Å². The number of carbonyl (C=O) groups excluding carboxylic acids is 2. The van der Waals surface area contributed by atoms with Gasteiger partial charge in [-0.1, -0.05) is 0 Å². The van der Waals surface area contributed by atoms with Gasteiger partial charge in [0, 0.05) is 41.9 Å². The first kappa shape index (κ1) is 27.7. The van der Waals surface area contributed by atoms with Crippen molar-refractivity contribution in [2.24, 2.45) is 11.8 Å². The molecule has 1 amide bonds. The van der Waals surface area contributed by atoms with Crippen molar-refractivity contribution in [3.05, 3.63) is 65.2 Å². The lowest BCUT2D eigenvalue weighted by Gasteiger charge is -2.34. The molecule has 2 heterocycles. The zero-order valence-electron chi connectivity index (χ0n) is 22.5. The molecule has 2 aromatic rings. The number of Topliss-reactive ketones (excluding diaryl/α,β-unsaturated/α-hetero) is 1. The second kappa shape index (κ2) is 13.0. The predicted molar refractivity (Wildman–Crippen MR) is 147 cm³/mol. The number of amides is 1. The van der Waals surface area contributed by atoms with Crippen LogP contribution < -0.4 is 10.2 Å². The van der Waals surface area contributed by atoms with E-state index in [1.807, 2.05) is 24.3 Å². The van der Waals surface area contributed by atoms with E-state index >= 15 is 0 Å². The molecule has 2 aliphatic heterocycles. The molecule has 1 N–H and O–H groups in total. The van der Waals surface area contributed by atoms with Gasteiger partial charge in [0.1, 0.15) is 0 Å². The Morgan fingerprint density at radius 1 is 0.821 bits per heavy atom. The quantitative estimate of drug-likeness (QED) is 0.475. The highest BCUT2D eigenvalue weighted by atomic mass is 19.2. The molecular formula is C31H39F2N3O3. The average Bonchev–Trinajstić information content (AvgIpc) is 2.98. The highest BCUT2D eigenvalue weighted by Crippen LogP contribution is 2.29. The third-order valence-corrected chi connectivity index (χ3v) is 8.70. The van der Waals surface area contributed by atoms with Crippen molar-refractivity contribution < 1.29 is 23.1 Å². The highest BCUT2D eigenvalue weighted by Gasteiger charge is 2.28. The van der Waals surface area contributed by atoms with Crippen LogP contribution >= 0.6 is 0 Å². The third kappa shape index (κ3) is 7.22. The summed E-state index contributed by atoms with van der Waals surface area (Å²) in [5.74, 6) is -1.43. The predicted octanol–water partition coefficient (Wildman–Crippen LogP) is 5.08. The van der Waals surface area contributed by atoms with Crippen molar-refractivity contribution in [3.8, 4) is 0 Å². The van der Waals surface area contributed by atoms with E-state index in [4.69, 9.17) is 4.74 Å². The fourth-order valence-corrected chi connectivity index (χ4v) is 6.18. The number of nitrogens with one attached hydrogen (secondary N) is 1. The minimum absolute atomic E-state index is 0.00720. The first-order valence-electron chi connectivity index (χ1n) is 14.4. The Morgan fingerprint density at radius 2 is 1.49 bits per heavy atom. The van der Waals surface area contributed by atoms with Gasteiger partial charge in [-0.15, -0.1) is 0 Å². The Bertz CT molecular complexity index is 1120. The zero-order chi connectivity index (χ0) is 27.2. The minimum atomic E-state index is -0.967. The number of anilines is 1. The van der Waals surface area contributed by atoms with Crippen LogP contribution in [0.2, 0.25) is 0 Å². The molecule has 0 bridgehead atoms. The molecule has 3 aliphatic rings. The van der Waals surface area contributed by atoms with Crippen molar-refractivity contribution in [3.63, 3.8) is 0 Å². The zero-order valence-corrected chi connectivity index (χ0v) is 22.5. The van der Waals surface area contributed by atoms with Crippen LogP contribution in [-0.2, 0) is 4.74 Å². The summed E-state index contributed by atoms with van der Waals surface area (Å²) in [6.07, 6.45) is 6.89. The Balaban J connectivity index is 0.990. The van der Waals surface area contributed by atoms with Gasteiger partial charge in [0.15, 0.2) is 17.4 Å². The minimum Gasteiger partial charge on any atom is -0.378 e. The van der Waals surface area contributed by atoms with E-state index in [-0.39, 0.29) is 29.2 Å². The summed E-state index contributed by atoms with van der Waals surface area (Å²) in [5.41, 5.74) is 2.11. The molecule has 1 aliphatic carbocycles. The Morgan fingerprint density at radius 3 is 2.15 bits per heavy atom. The molecule has 2 saturated heterocycles. The number of rotatable bonds is 8. The van der Waals surface area contributed by atoms with Crippen LogP contribution in [0.5, 0.6) is 0 Å². The number of nitrogens with zero attached hydrogens (tertiary/aromatic N) is 2. The topological polar surface area (TPSA) is 61.9 Å². The number of benzene rings is 2. The summed E-state index contributed by atoms with van der Waals surface area (Å²) < 4.78 is 32.1. The maximum Gasteiger partial charge on any atom is 0.251 e. The second-order valence-electron chi connectivity index (χ2n) is 11.2. The van der Waals surface area contributed by atoms with E-state index in [1.165, 1.54) is 6.07 Å². The number of morpholine rings is 1. The number of hydrogen-bond donors (Lipinski definition) is 1. The van der Waals surface area contributed by atoms with Gasteiger partial charge in [-0.3, -0.25) is 9.59 Å². The third-order valence-electron chi connectivity index (χ3n) is 8.70. The number of halogens is 2. The van der Waals surface area contributed by atoms with Gasteiger partial charge in [0.05, 0.1) is 13.2 Å². The van der Waals surface area contributed by atoms with E-state index < -0.39 is 11.6 Å². The molecule has 39 heavy (non-hydrogen) atoms. The van der Waals surface area contributed by atoms with Gasteiger partial charge in [-0.25, -0.2) is 8.78 Å². The summed E-state index contributed by atoms with van der Waals surface area (Å²) in [6, 6.07) is 11.5. The smallest absolute Gasteiger partial charge is 0.251 e. The lowest BCUT2D eigenvalue weighted by molar-refractivity contribution is 0.0832. The van der Waals surface area contributed by atoms with E-state index in [1.54, 1.807) is 0 Å². The van der Waals surface area contributed by atoms with Crippen LogP contribution in [0.4, 0.5) is 14.5 Å². The number of carbonyl (C=O) groups is 2. The van der Waals surface area contributed by atoms with Gasteiger partial charge >= 0.3 is 0 Å². The van der Waals surface area contributed by atoms with Crippen LogP contribution in [0.25, 0.3) is 0 Å². The Kier molecular flexibility index (Phi) is 9.24. The fourth-order valence-electron chi connectivity index (χ4n) is 6.18. The molecule has 6 nitrogen and oxygen atoms in total. The maximum absolute atomic E-state index is 13.5. The Labute approximate surface area is 229 Å². The second-order valence-corrected chi connectivity index (χ2v) is 11.2. The van der Waals surface area contributed by atoms with Crippen molar-refractivity contribution in [1.29, 1.82) is 0 Å². The van der Waals surface area contributed by atoms with E-state index in [9.17, 15) is 18.4 Å². The van der Waals surface area contributed by atoms with Crippen molar-refractivity contribution in [2.45, 2.75) is 51.0 Å². The molecule has 0 unspecified atom stereocenters. The summed E-state index contributed by atoms with van der Waals surface area (Å²) >= 11 is 0. The van der Waals surface area contributed by atoms with Crippen LogP contribution in [0.3, 0.4) is 0 Å². The molecule has 210 valence electrons. The number of piperidine rings is 1. The van der Waals surface area contributed by atoms with Gasteiger partial charge in [-0.2, -0.15) is 0 Å². The molecule has 0 radical (unpaired) electrons. The van der Waals surface area contributed by atoms with Gasteiger partial charge in [0.25, 0.3) is 5.91 Å². The van der Waals surface area contributed by atoms with E-state index in [0.29, 0.717) is 11.5 Å². The molecule has 0 atom stereocenters. The monoisotopic (exact) mass is 539 g/mol. The Hall–Kier alpha value is -2.84. The lowest BCUT2D eigenvalue weighted by atomic mass is 9.83. The van der Waals surface area contributed by atoms with Crippen LogP contribution in [0, 0.1) is 23.5 Å². The first-order chi connectivity index (χ1) is 19.0. The molecule has 0 spiro atoms. The SMILES string of the molecule is O=C(NC1CCC(CCN2CCC(C(=O)c3ccc(F)c(F)c3)CC2)CC1)c1ccc(N2CCOCC2)cc1. The average molecular weight is 540 g/mol. The van der Waals surface area contributed by atoms with Gasteiger partial charge in [-0.05, 0) is 113 Å². The van der Waals surface area contributed by atoms with Crippen molar-refractivity contribution in [1.82, 2.24) is 10.2 Å². The fraction of sp³-hybridized carbons (Fsp3) is 0.548. The lowest BCUT2D eigenvalue weighted by Crippen LogP contribution is -2.39. The largest absolute Gasteiger partial charge is 0.378 e. The van der Waals surface area contributed by atoms with Gasteiger partial charge in [0.2, 0.25) is 0 Å². The van der Waals surface area contributed by atoms with Gasteiger partial charge < -0.3 is 19.9 Å². The molecular weight excluding hydrogens is 500 g/mol. The summed E-state index contributed by atoms with van der Waals surface area (Å²) in [5, 5.41) is 3.24. The number of ketones is 1. The first-order valence-corrected chi connectivity index (χ1v) is 14.4. The van der Waals surface area contributed by atoms with Crippen LogP contribution in [0.1, 0.15) is 65.7 Å². The number of likely N-dealkylation sites (tertiary alicyclic amines) is 1. The standard InChI is InChI=1S/C31H39F2N3O3/c32-28-10-5-25(21-29(28)33)30(37)23-12-15-35(16-13-23)14-11-22-1-6-26(7-2-22)34-31(38)24-3-8-27(9-4-24)36-17-19-39-20-18-36/h3-5,8-10,21-23,26H,1-2,6-7,11-20H2,(H,34,38). The van der Waals surface area contributed by atoms with Crippen molar-refractivity contribution >= 4 is 17.4 Å². The van der Waals surface area contributed by atoms with E-state index in [0.717, 1.165) is 109 Å². The van der Waals surface area contributed by atoms with E-state index in [2.05, 4.69) is 15.1 Å². The molecule has 2 aromatic carbocycles. The number of hydrogen-bond acceptors (Lipinski definition) is 5. The number of ether oxygens (including phenoxy) is 1. The molecule has 8 heteroatoms. The molecule has 5 rings (SSSR count). The molecule has 0 aromatic heterocycles. The highest BCUT2D eigenvalue weighted by molar-refractivity contribution is 5.98. The summed E-state index contributed by atoms with van der Waals surface area (Å²) in [6.45, 7) is 5.98. The molecule has 3 fully saturated rings. The van der Waals surface area contributed by atoms with Crippen molar-refractivity contribution in [2.75, 3.05) is 50.8 Å². The molecule has 1 saturated carbocycles. The normalized spacial score (nSPS) is 23.0. The summed E-state index contributed by atoms with van der Waals surface area (Å²) in [4.78, 5) is 30.2. The maximum atomic E-state index is 13.5. The summed E-state index contributed by atoms with van der Waals surface area (Å²) in [7, 11) is 0.